The fraction of sp³-hybridized carbons (Fsp3) is 0.619. The molecule has 2 saturated heterocycles. The van der Waals surface area contributed by atoms with E-state index in [1.807, 2.05) is 4.90 Å². The third-order valence-corrected chi connectivity index (χ3v) is 7.80. The van der Waals surface area contributed by atoms with Crippen molar-refractivity contribution in [3.8, 4) is 0 Å². The van der Waals surface area contributed by atoms with E-state index in [1.165, 1.54) is 6.42 Å². The Balaban J connectivity index is 1.49. The molecule has 0 aromatic heterocycles. The van der Waals surface area contributed by atoms with Gasteiger partial charge in [0.15, 0.2) is 9.84 Å². The van der Waals surface area contributed by atoms with Crippen molar-refractivity contribution in [1.82, 2.24) is 9.80 Å². The van der Waals surface area contributed by atoms with Gasteiger partial charge in [-0.3, -0.25) is 9.59 Å². The van der Waals surface area contributed by atoms with Crippen LogP contribution in [0.4, 0.5) is 0 Å². The Morgan fingerprint density at radius 3 is 2.31 bits per heavy atom. The smallest absolute Gasteiger partial charge is 0.237 e. The van der Waals surface area contributed by atoms with Crippen LogP contribution in [0.1, 0.15) is 38.2 Å². The quantitative estimate of drug-likeness (QED) is 0.643. The van der Waals surface area contributed by atoms with E-state index in [1.54, 1.807) is 29.2 Å². The molecule has 160 valence electrons. The van der Waals surface area contributed by atoms with Gasteiger partial charge in [0.05, 0.1) is 5.75 Å². The van der Waals surface area contributed by atoms with E-state index >= 15 is 0 Å². The zero-order valence-electron chi connectivity index (χ0n) is 16.8. The number of benzene rings is 1. The molecule has 0 aliphatic carbocycles. The summed E-state index contributed by atoms with van der Waals surface area (Å²) >= 11 is 3.32. The van der Waals surface area contributed by atoms with Crippen molar-refractivity contribution in [2.45, 2.75) is 38.4 Å². The highest BCUT2D eigenvalue weighted by molar-refractivity contribution is 9.10. The van der Waals surface area contributed by atoms with E-state index in [0.29, 0.717) is 37.4 Å². The zero-order chi connectivity index (χ0) is 21.0. The van der Waals surface area contributed by atoms with Gasteiger partial charge in [-0.15, -0.1) is 0 Å². The van der Waals surface area contributed by atoms with Crippen molar-refractivity contribution < 1.29 is 18.0 Å². The summed E-state index contributed by atoms with van der Waals surface area (Å²) in [6.07, 6.45) is 3.45. The number of piperidine rings is 2. The minimum atomic E-state index is -3.53. The first-order chi connectivity index (χ1) is 13.7. The van der Waals surface area contributed by atoms with Crippen LogP contribution in [-0.4, -0.2) is 62.0 Å². The van der Waals surface area contributed by atoms with Crippen LogP contribution in [0.5, 0.6) is 0 Å². The largest absolute Gasteiger partial charge is 0.342 e. The molecule has 2 aliphatic rings. The van der Waals surface area contributed by atoms with Gasteiger partial charge < -0.3 is 9.80 Å². The molecule has 0 saturated carbocycles. The van der Waals surface area contributed by atoms with Gasteiger partial charge in [0.2, 0.25) is 11.8 Å². The molecule has 1 aromatic rings. The molecule has 0 N–H and O–H groups in total. The van der Waals surface area contributed by atoms with Gasteiger partial charge >= 0.3 is 0 Å². The number of rotatable bonds is 5. The maximum atomic E-state index is 12.8. The normalized spacial score (nSPS) is 21.2. The summed E-state index contributed by atoms with van der Waals surface area (Å²) < 4.78 is 25.7. The SMILES string of the molecule is CC1CCCN(C(=O)C2CCN(C(=O)CS(=O)(=O)Cc3ccc(Br)cc3)CC2)C1. The molecule has 2 heterocycles. The summed E-state index contributed by atoms with van der Waals surface area (Å²) in [5.74, 6) is -0.292. The molecular weight excluding hydrogens is 456 g/mol. The first kappa shape index (κ1) is 22.3. The van der Waals surface area contributed by atoms with Gasteiger partial charge in [0.1, 0.15) is 5.75 Å². The van der Waals surface area contributed by atoms with E-state index in [2.05, 4.69) is 22.9 Å². The molecule has 6 nitrogen and oxygen atoms in total. The predicted molar refractivity (Wildman–Crippen MR) is 116 cm³/mol. The average Bonchev–Trinajstić information content (AvgIpc) is 2.69. The number of nitrogens with zero attached hydrogens (tertiary/aromatic N) is 2. The molecule has 2 amide bonds. The number of halogens is 1. The van der Waals surface area contributed by atoms with Crippen LogP contribution < -0.4 is 0 Å². The highest BCUT2D eigenvalue weighted by atomic mass is 79.9. The first-order valence-electron chi connectivity index (χ1n) is 10.2. The van der Waals surface area contributed by atoms with E-state index in [-0.39, 0.29) is 23.5 Å². The van der Waals surface area contributed by atoms with E-state index in [4.69, 9.17) is 0 Å². The summed E-state index contributed by atoms with van der Waals surface area (Å²) in [5, 5.41) is 0. The summed E-state index contributed by atoms with van der Waals surface area (Å²) in [7, 11) is -3.53. The Morgan fingerprint density at radius 2 is 1.69 bits per heavy atom. The van der Waals surface area contributed by atoms with Crippen LogP contribution >= 0.6 is 15.9 Å². The topological polar surface area (TPSA) is 74.8 Å². The minimum absolute atomic E-state index is 0.0521. The number of hydrogen-bond donors (Lipinski definition) is 0. The molecule has 1 aromatic carbocycles. The predicted octanol–water partition coefficient (Wildman–Crippen LogP) is 2.86. The van der Waals surface area contributed by atoms with Crippen LogP contribution in [0.3, 0.4) is 0 Å². The van der Waals surface area contributed by atoms with Crippen molar-refractivity contribution in [2.75, 3.05) is 31.9 Å². The highest BCUT2D eigenvalue weighted by Gasteiger charge is 2.32. The van der Waals surface area contributed by atoms with Crippen LogP contribution in [0.2, 0.25) is 0 Å². The lowest BCUT2D eigenvalue weighted by molar-refractivity contribution is -0.141. The number of carbonyl (C=O) groups excluding carboxylic acids is 2. The molecule has 2 fully saturated rings. The van der Waals surface area contributed by atoms with Crippen LogP contribution in [-0.2, 0) is 25.2 Å². The fourth-order valence-electron chi connectivity index (χ4n) is 4.19. The van der Waals surface area contributed by atoms with Crippen molar-refractivity contribution in [3.05, 3.63) is 34.3 Å². The molecule has 1 atom stereocenters. The summed E-state index contributed by atoms with van der Waals surface area (Å²) in [6.45, 7) is 4.73. The molecule has 8 heteroatoms. The molecular formula is C21H29BrN2O4S. The second-order valence-electron chi connectivity index (χ2n) is 8.35. The molecule has 2 aliphatic heterocycles. The van der Waals surface area contributed by atoms with Gasteiger partial charge in [-0.2, -0.15) is 0 Å². The highest BCUT2D eigenvalue weighted by Crippen LogP contribution is 2.24. The molecule has 1 unspecified atom stereocenters. The van der Waals surface area contributed by atoms with Crippen LogP contribution in [0, 0.1) is 11.8 Å². The summed E-state index contributed by atoms with van der Waals surface area (Å²) in [4.78, 5) is 28.8. The zero-order valence-corrected chi connectivity index (χ0v) is 19.3. The number of hydrogen-bond acceptors (Lipinski definition) is 4. The molecule has 0 spiro atoms. The molecule has 3 rings (SSSR count). The Hall–Kier alpha value is -1.41. The van der Waals surface area contributed by atoms with Gasteiger partial charge in [-0.25, -0.2) is 8.42 Å². The van der Waals surface area contributed by atoms with Gasteiger partial charge in [-0.1, -0.05) is 35.0 Å². The number of carbonyl (C=O) groups is 2. The second kappa shape index (κ2) is 9.60. The number of amides is 2. The lowest BCUT2D eigenvalue weighted by atomic mass is 9.93. The number of likely N-dealkylation sites (tertiary alicyclic amines) is 2. The van der Waals surface area contributed by atoms with E-state index in [9.17, 15) is 18.0 Å². The Bertz CT molecular complexity index is 833. The van der Waals surface area contributed by atoms with Gasteiger partial charge in [0.25, 0.3) is 0 Å². The average molecular weight is 485 g/mol. The Morgan fingerprint density at radius 1 is 1.03 bits per heavy atom. The van der Waals surface area contributed by atoms with Crippen LogP contribution in [0.25, 0.3) is 0 Å². The minimum Gasteiger partial charge on any atom is -0.342 e. The Labute approximate surface area is 181 Å². The Kier molecular flexibility index (Phi) is 7.37. The maximum Gasteiger partial charge on any atom is 0.237 e. The van der Waals surface area contributed by atoms with Gasteiger partial charge in [-0.05, 0) is 49.3 Å². The summed E-state index contributed by atoms with van der Waals surface area (Å²) in [5.41, 5.74) is 0.668. The first-order valence-corrected chi connectivity index (χ1v) is 12.9. The van der Waals surface area contributed by atoms with Gasteiger partial charge in [0, 0.05) is 36.6 Å². The molecule has 29 heavy (non-hydrogen) atoms. The van der Waals surface area contributed by atoms with E-state index < -0.39 is 15.6 Å². The molecule has 0 radical (unpaired) electrons. The molecule has 0 bridgehead atoms. The van der Waals surface area contributed by atoms with Crippen molar-refractivity contribution in [3.63, 3.8) is 0 Å². The lowest BCUT2D eigenvalue weighted by Gasteiger charge is -2.37. The lowest BCUT2D eigenvalue weighted by Crippen LogP contribution is -2.47. The van der Waals surface area contributed by atoms with Crippen molar-refractivity contribution >= 4 is 37.6 Å². The third kappa shape index (κ3) is 6.28. The fourth-order valence-corrected chi connectivity index (χ4v) is 5.81. The standard InChI is InChI=1S/C21H29BrN2O4S/c1-16-3-2-10-24(13-16)21(26)18-8-11-23(12-9-18)20(25)15-29(27,28)14-17-4-6-19(22)7-5-17/h4-7,16,18H,2-3,8-15H2,1H3. The van der Waals surface area contributed by atoms with Crippen LogP contribution in [0.15, 0.2) is 28.7 Å². The van der Waals surface area contributed by atoms with Crippen molar-refractivity contribution in [1.29, 1.82) is 0 Å². The second-order valence-corrected chi connectivity index (χ2v) is 11.3. The monoisotopic (exact) mass is 484 g/mol. The van der Waals surface area contributed by atoms with Crippen molar-refractivity contribution in [2.24, 2.45) is 11.8 Å². The number of sulfone groups is 1. The van der Waals surface area contributed by atoms with E-state index in [0.717, 1.165) is 24.0 Å². The maximum absolute atomic E-state index is 12.8. The third-order valence-electron chi connectivity index (χ3n) is 5.81. The summed E-state index contributed by atoms with van der Waals surface area (Å²) in [6, 6.07) is 7.06.